The molecule has 1 saturated heterocycles. The van der Waals surface area contributed by atoms with Crippen LogP contribution in [0.4, 0.5) is 4.39 Å². The lowest BCUT2D eigenvalue weighted by molar-refractivity contribution is -0.151. The lowest BCUT2D eigenvalue weighted by Crippen LogP contribution is -2.51. The maximum atomic E-state index is 13.4. The van der Waals surface area contributed by atoms with Gasteiger partial charge < -0.3 is 15.4 Å². The van der Waals surface area contributed by atoms with Gasteiger partial charge in [-0.1, -0.05) is 18.2 Å². The normalized spacial score (nSPS) is 17.7. The van der Waals surface area contributed by atoms with Crippen molar-refractivity contribution < 1.29 is 23.5 Å². The molecule has 2 N–H and O–H groups in total. The molecule has 1 heterocycles. The first-order valence-corrected chi connectivity index (χ1v) is 7.67. The summed E-state index contributed by atoms with van der Waals surface area (Å²) in [6.45, 7) is -0.0702. The molecule has 1 aromatic rings. The summed E-state index contributed by atoms with van der Waals surface area (Å²) in [5.41, 5.74) is 5.53. The van der Waals surface area contributed by atoms with E-state index in [1.54, 1.807) is 6.07 Å². The lowest BCUT2D eigenvalue weighted by Gasteiger charge is -2.33. The predicted octanol–water partition coefficient (Wildman–Crippen LogP) is 1.25. The molecule has 6 nitrogen and oxygen atoms in total. The monoisotopic (exact) mass is 334 g/mol. The molecule has 0 saturated carbocycles. The minimum absolute atomic E-state index is 0.241. The first-order chi connectivity index (χ1) is 11.5. The topological polar surface area (TPSA) is 89.7 Å². The average Bonchev–Trinajstić information content (AvgIpc) is 2.59. The Labute approximate surface area is 139 Å². The van der Waals surface area contributed by atoms with Gasteiger partial charge in [0, 0.05) is 18.2 Å². The van der Waals surface area contributed by atoms with Crippen LogP contribution in [-0.2, 0) is 19.1 Å². The van der Waals surface area contributed by atoms with Gasteiger partial charge in [0.15, 0.2) is 6.61 Å². The second-order valence-corrected chi connectivity index (χ2v) is 5.46. The first kappa shape index (κ1) is 17.7. The van der Waals surface area contributed by atoms with Crippen LogP contribution in [0.25, 0.3) is 6.08 Å². The highest BCUT2D eigenvalue weighted by Crippen LogP contribution is 2.17. The van der Waals surface area contributed by atoms with E-state index < -0.39 is 36.2 Å². The number of piperidine rings is 1. The fourth-order valence-corrected chi connectivity index (χ4v) is 2.56. The molecule has 24 heavy (non-hydrogen) atoms. The average molecular weight is 334 g/mol. The molecule has 0 aromatic heterocycles. The highest BCUT2D eigenvalue weighted by Gasteiger charge is 2.30. The summed E-state index contributed by atoms with van der Waals surface area (Å²) in [7, 11) is 0. The van der Waals surface area contributed by atoms with Gasteiger partial charge >= 0.3 is 5.97 Å². The molecule has 1 aliphatic rings. The molecule has 2 rings (SSSR count). The van der Waals surface area contributed by atoms with E-state index >= 15 is 0 Å². The number of rotatable bonds is 5. The molecule has 1 aromatic carbocycles. The summed E-state index contributed by atoms with van der Waals surface area (Å²) in [4.78, 5) is 36.5. The van der Waals surface area contributed by atoms with Gasteiger partial charge in [-0.25, -0.2) is 9.18 Å². The van der Waals surface area contributed by atoms with E-state index in [0.717, 1.165) is 18.9 Å². The number of carbonyl (C=O) groups excluding carboxylic acids is 3. The number of amides is 2. The Hall–Kier alpha value is -2.70. The number of esters is 1. The van der Waals surface area contributed by atoms with Crippen molar-refractivity contribution in [1.29, 1.82) is 0 Å². The molecule has 1 atom stereocenters. The smallest absolute Gasteiger partial charge is 0.331 e. The van der Waals surface area contributed by atoms with Crippen molar-refractivity contribution in [3.63, 3.8) is 0 Å². The molecular weight excluding hydrogens is 315 g/mol. The number of primary amides is 1. The number of nitrogens with two attached hydrogens (primary N) is 1. The van der Waals surface area contributed by atoms with Crippen LogP contribution < -0.4 is 5.73 Å². The molecule has 0 unspecified atom stereocenters. The van der Waals surface area contributed by atoms with E-state index in [9.17, 15) is 18.8 Å². The van der Waals surface area contributed by atoms with Gasteiger partial charge in [0.2, 0.25) is 5.91 Å². The number of halogens is 1. The number of nitrogens with zero attached hydrogens (tertiary/aromatic N) is 1. The third-order valence-corrected chi connectivity index (χ3v) is 3.79. The van der Waals surface area contributed by atoms with Crippen molar-refractivity contribution in [2.75, 3.05) is 13.2 Å². The van der Waals surface area contributed by atoms with Crippen molar-refractivity contribution in [2.24, 2.45) is 5.73 Å². The minimum atomic E-state index is -0.765. The number of ether oxygens (including phenoxy) is 1. The van der Waals surface area contributed by atoms with E-state index in [4.69, 9.17) is 10.5 Å². The summed E-state index contributed by atoms with van der Waals surface area (Å²) >= 11 is 0. The number of likely N-dealkylation sites (tertiary alicyclic amines) is 1. The van der Waals surface area contributed by atoms with E-state index in [1.165, 1.54) is 29.2 Å². The molecule has 1 aliphatic heterocycles. The van der Waals surface area contributed by atoms with E-state index in [2.05, 4.69) is 0 Å². The number of carbonyl (C=O) groups is 3. The zero-order valence-corrected chi connectivity index (χ0v) is 13.1. The van der Waals surface area contributed by atoms with Crippen LogP contribution >= 0.6 is 0 Å². The quantitative estimate of drug-likeness (QED) is 0.648. The molecule has 7 heteroatoms. The molecule has 0 aliphatic carbocycles. The third kappa shape index (κ3) is 4.65. The highest BCUT2D eigenvalue weighted by molar-refractivity contribution is 5.91. The van der Waals surface area contributed by atoms with Crippen LogP contribution in [0, 0.1) is 5.82 Å². The van der Waals surface area contributed by atoms with Gasteiger partial charge in [-0.3, -0.25) is 9.59 Å². The first-order valence-electron chi connectivity index (χ1n) is 7.67. The van der Waals surface area contributed by atoms with Gasteiger partial charge in [0.25, 0.3) is 5.91 Å². The molecule has 0 radical (unpaired) electrons. The Morgan fingerprint density at radius 2 is 2.04 bits per heavy atom. The van der Waals surface area contributed by atoms with Crippen LogP contribution in [0.2, 0.25) is 0 Å². The fraction of sp³-hybridized carbons (Fsp3) is 0.353. The number of benzene rings is 1. The molecule has 1 fully saturated rings. The summed E-state index contributed by atoms with van der Waals surface area (Å²) in [6.07, 6.45) is 4.43. The van der Waals surface area contributed by atoms with Crippen molar-refractivity contribution in [3.05, 3.63) is 41.7 Å². The van der Waals surface area contributed by atoms with Gasteiger partial charge in [-0.05, 0) is 31.4 Å². The van der Waals surface area contributed by atoms with Crippen molar-refractivity contribution in [1.82, 2.24) is 4.90 Å². The Morgan fingerprint density at radius 3 is 2.75 bits per heavy atom. The number of hydrogen-bond donors (Lipinski definition) is 1. The van der Waals surface area contributed by atoms with Gasteiger partial charge in [-0.2, -0.15) is 0 Å². The van der Waals surface area contributed by atoms with Gasteiger partial charge in [0.05, 0.1) is 0 Å². The van der Waals surface area contributed by atoms with Crippen LogP contribution in [0.5, 0.6) is 0 Å². The number of hydrogen-bond acceptors (Lipinski definition) is 4. The van der Waals surface area contributed by atoms with Crippen LogP contribution in [0.15, 0.2) is 30.3 Å². The fourth-order valence-electron chi connectivity index (χ4n) is 2.56. The van der Waals surface area contributed by atoms with Crippen LogP contribution in [-0.4, -0.2) is 41.9 Å². The zero-order chi connectivity index (χ0) is 17.5. The van der Waals surface area contributed by atoms with Crippen molar-refractivity contribution in [3.8, 4) is 0 Å². The lowest BCUT2D eigenvalue weighted by atomic mass is 10.0. The van der Waals surface area contributed by atoms with Crippen molar-refractivity contribution >= 4 is 23.9 Å². The molecule has 128 valence electrons. The zero-order valence-electron chi connectivity index (χ0n) is 13.1. The summed E-state index contributed by atoms with van der Waals surface area (Å²) in [6, 6.07) is 5.30. The van der Waals surface area contributed by atoms with E-state index in [0.29, 0.717) is 13.0 Å². The second-order valence-electron chi connectivity index (χ2n) is 5.46. The Balaban J connectivity index is 1.88. The van der Waals surface area contributed by atoms with Crippen LogP contribution in [0.3, 0.4) is 0 Å². The minimum Gasteiger partial charge on any atom is -0.452 e. The summed E-state index contributed by atoms with van der Waals surface area (Å²) in [5, 5.41) is 0. The van der Waals surface area contributed by atoms with Gasteiger partial charge in [-0.15, -0.1) is 0 Å². The maximum absolute atomic E-state index is 13.4. The van der Waals surface area contributed by atoms with Crippen LogP contribution in [0.1, 0.15) is 24.8 Å². The highest BCUT2D eigenvalue weighted by atomic mass is 19.1. The molecule has 2 amide bonds. The standard InChI is InChI=1S/C17H19FN2O4/c18-13-6-2-1-5-12(13)8-9-16(22)24-11-15(21)20-10-4-3-7-14(20)17(19)23/h1-2,5-6,8-9,14H,3-4,7,10-11H2,(H2,19,23)/b9-8+/t14-/m1/s1. The Kier molecular flexibility index (Phi) is 6.06. The molecular formula is C17H19FN2O4. The summed E-state index contributed by atoms with van der Waals surface area (Å²) < 4.78 is 18.3. The Bertz CT molecular complexity index is 660. The SMILES string of the molecule is NC(=O)[C@H]1CCCCN1C(=O)COC(=O)/C=C/c1ccccc1F. The maximum Gasteiger partial charge on any atom is 0.331 e. The predicted molar refractivity (Wildman–Crippen MR) is 84.9 cm³/mol. The molecule has 0 bridgehead atoms. The van der Waals surface area contributed by atoms with E-state index in [1.807, 2.05) is 0 Å². The molecule has 0 spiro atoms. The largest absolute Gasteiger partial charge is 0.452 e. The second kappa shape index (κ2) is 8.24. The Morgan fingerprint density at radius 1 is 1.29 bits per heavy atom. The van der Waals surface area contributed by atoms with Gasteiger partial charge in [0.1, 0.15) is 11.9 Å². The van der Waals surface area contributed by atoms with Crippen molar-refractivity contribution in [2.45, 2.75) is 25.3 Å². The summed E-state index contributed by atoms with van der Waals surface area (Å²) in [5.74, 6) is -2.26. The third-order valence-electron chi connectivity index (χ3n) is 3.79. The van der Waals surface area contributed by atoms with E-state index in [-0.39, 0.29) is 5.56 Å².